The van der Waals surface area contributed by atoms with Crippen molar-refractivity contribution in [2.75, 3.05) is 6.61 Å². The number of halogens is 3. The molecule has 1 heterocycles. The summed E-state index contributed by atoms with van der Waals surface area (Å²) in [7, 11) is -3.75. The molecular formula is C21H18F3NO5S2. The van der Waals surface area contributed by atoms with E-state index in [1.54, 1.807) is 13.8 Å². The second-order valence-corrected chi connectivity index (χ2v) is 10.0. The first kappa shape index (κ1) is 23.7. The van der Waals surface area contributed by atoms with Gasteiger partial charge in [-0.3, -0.25) is 0 Å². The quantitative estimate of drug-likeness (QED) is 0.513. The number of aromatic nitrogens is 1. The summed E-state index contributed by atoms with van der Waals surface area (Å²) in [5, 5.41) is 9.12. The van der Waals surface area contributed by atoms with Crippen molar-refractivity contribution in [3.63, 3.8) is 0 Å². The van der Waals surface area contributed by atoms with Gasteiger partial charge in [0.2, 0.25) is 0 Å². The molecule has 0 aliphatic rings. The highest BCUT2D eigenvalue weighted by atomic mass is 32.2. The van der Waals surface area contributed by atoms with E-state index in [2.05, 4.69) is 4.98 Å². The number of hydrogen-bond acceptors (Lipinski definition) is 6. The van der Waals surface area contributed by atoms with Gasteiger partial charge in [-0.1, -0.05) is 12.1 Å². The molecule has 0 radical (unpaired) electrons. The van der Waals surface area contributed by atoms with Gasteiger partial charge in [-0.05, 0) is 49.7 Å². The molecule has 0 atom stereocenters. The molecule has 0 aliphatic carbocycles. The van der Waals surface area contributed by atoms with E-state index in [9.17, 15) is 26.4 Å². The van der Waals surface area contributed by atoms with Gasteiger partial charge in [0.05, 0.1) is 21.9 Å². The van der Waals surface area contributed by atoms with Crippen molar-refractivity contribution in [3.8, 4) is 16.3 Å². The van der Waals surface area contributed by atoms with Gasteiger partial charge in [-0.25, -0.2) is 18.2 Å². The zero-order valence-corrected chi connectivity index (χ0v) is 18.6. The number of alkyl halides is 3. The minimum Gasteiger partial charge on any atom is -0.482 e. The highest BCUT2D eigenvalue weighted by Gasteiger charge is 2.30. The number of carboxylic acids is 1. The first-order chi connectivity index (χ1) is 14.9. The van der Waals surface area contributed by atoms with Crippen molar-refractivity contribution in [1.29, 1.82) is 0 Å². The molecule has 0 saturated carbocycles. The van der Waals surface area contributed by atoms with E-state index in [1.807, 2.05) is 0 Å². The van der Waals surface area contributed by atoms with Crippen LogP contribution in [0.25, 0.3) is 10.6 Å². The smallest absolute Gasteiger partial charge is 0.416 e. The highest BCUT2D eigenvalue weighted by molar-refractivity contribution is 7.90. The minimum atomic E-state index is -4.44. The van der Waals surface area contributed by atoms with Crippen molar-refractivity contribution in [3.05, 3.63) is 64.2 Å². The molecule has 32 heavy (non-hydrogen) atoms. The summed E-state index contributed by atoms with van der Waals surface area (Å²) >= 11 is 1.10. The number of nitrogens with zero attached hydrogens (tertiary/aromatic N) is 1. The number of rotatable bonds is 7. The van der Waals surface area contributed by atoms with E-state index in [0.717, 1.165) is 23.5 Å². The zero-order valence-electron chi connectivity index (χ0n) is 16.9. The Kier molecular flexibility index (Phi) is 6.61. The van der Waals surface area contributed by atoms with Gasteiger partial charge < -0.3 is 9.84 Å². The zero-order chi connectivity index (χ0) is 23.7. The molecular weight excluding hydrogens is 467 g/mol. The molecule has 0 saturated heterocycles. The number of hydrogen-bond donors (Lipinski definition) is 1. The summed E-state index contributed by atoms with van der Waals surface area (Å²) in [5.41, 5.74) is 0.638. The lowest BCUT2D eigenvalue weighted by atomic mass is 10.1. The van der Waals surface area contributed by atoms with Gasteiger partial charge in [0.25, 0.3) is 0 Å². The Morgan fingerprint density at radius 1 is 1.12 bits per heavy atom. The monoisotopic (exact) mass is 485 g/mol. The molecule has 11 heteroatoms. The minimum absolute atomic E-state index is 0.0431. The fraction of sp³-hybridized carbons (Fsp3) is 0.238. The lowest BCUT2D eigenvalue weighted by Crippen LogP contribution is -2.10. The topological polar surface area (TPSA) is 93.6 Å². The van der Waals surface area contributed by atoms with Crippen LogP contribution < -0.4 is 4.74 Å². The van der Waals surface area contributed by atoms with Gasteiger partial charge in [0.1, 0.15) is 10.8 Å². The van der Waals surface area contributed by atoms with Crippen LogP contribution in [0.3, 0.4) is 0 Å². The lowest BCUT2D eigenvalue weighted by Gasteiger charge is -2.09. The highest BCUT2D eigenvalue weighted by Crippen LogP contribution is 2.34. The summed E-state index contributed by atoms with van der Waals surface area (Å²) in [5.74, 6) is -1.21. The number of benzene rings is 2. The third kappa shape index (κ3) is 5.46. The molecule has 0 spiro atoms. The van der Waals surface area contributed by atoms with Gasteiger partial charge in [0.15, 0.2) is 16.4 Å². The van der Waals surface area contributed by atoms with E-state index < -0.39 is 34.2 Å². The number of aliphatic carboxylic acids is 1. The van der Waals surface area contributed by atoms with Crippen LogP contribution in [0, 0.1) is 13.8 Å². The second kappa shape index (κ2) is 8.91. The van der Waals surface area contributed by atoms with Crippen molar-refractivity contribution in [1.82, 2.24) is 4.98 Å². The molecule has 0 unspecified atom stereocenters. The maximum Gasteiger partial charge on any atom is 0.416 e. The van der Waals surface area contributed by atoms with E-state index in [4.69, 9.17) is 9.84 Å². The summed E-state index contributed by atoms with van der Waals surface area (Å²) in [6, 6.07) is 8.67. The number of aryl methyl sites for hydroxylation is 2. The van der Waals surface area contributed by atoms with Crippen molar-refractivity contribution < 1.29 is 36.2 Å². The Labute approximate surface area is 186 Å². The van der Waals surface area contributed by atoms with Gasteiger partial charge >= 0.3 is 12.1 Å². The fourth-order valence-electron chi connectivity index (χ4n) is 2.86. The number of ether oxygens (including phenoxy) is 1. The first-order valence-corrected chi connectivity index (χ1v) is 11.7. The summed E-state index contributed by atoms with van der Waals surface area (Å²) < 4.78 is 69.2. The average molecular weight is 486 g/mol. The Hall–Kier alpha value is -2.92. The molecule has 3 aromatic rings. The standard InChI is InChI=1S/C21H18F3NO5S2/c1-12-9-16(7-8-17(12)30-10-19(26)27)32(28,29)11-18-13(2)25-20(31-18)14-3-5-15(6-4-14)21(22,23)24/h3-9H,10-11H2,1-2H3,(H,26,27). The number of sulfone groups is 1. The summed E-state index contributed by atoms with van der Waals surface area (Å²) in [6.07, 6.45) is -4.44. The third-order valence-corrected chi connectivity index (χ3v) is 7.56. The maximum absolute atomic E-state index is 12.9. The number of carboxylic acid groups (broad SMARTS) is 1. The Balaban J connectivity index is 1.82. The normalized spacial score (nSPS) is 12.0. The predicted molar refractivity (Wildman–Crippen MR) is 112 cm³/mol. The lowest BCUT2D eigenvalue weighted by molar-refractivity contribution is -0.139. The molecule has 170 valence electrons. The largest absolute Gasteiger partial charge is 0.482 e. The Morgan fingerprint density at radius 2 is 1.78 bits per heavy atom. The average Bonchev–Trinajstić information content (AvgIpc) is 3.06. The molecule has 0 fully saturated rings. The molecule has 0 aliphatic heterocycles. The number of thiazole rings is 1. The van der Waals surface area contributed by atoms with Crippen LogP contribution in [-0.2, 0) is 26.6 Å². The van der Waals surface area contributed by atoms with Crippen LogP contribution in [0.5, 0.6) is 5.75 Å². The van der Waals surface area contributed by atoms with Crippen LogP contribution >= 0.6 is 11.3 Å². The van der Waals surface area contributed by atoms with Crippen molar-refractivity contribution >= 4 is 27.1 Å². The molecule has 2 aromatic carbocycles. The first-order valence-electron chi connectivity index (χ1n) is 9.19. The van der Waals surface area contributed by atoms with Crippen LogP contribution in [0.2, 0.25) is 0 Å². The number of carbonyl (C=O) groups is 1. The molecule has 1 aromatic heterocycles. The fourth-order valence-corrected chi connectivity index (χ4v) is 5.78. The van der Waals surface area contributed by atoms with Gasteiger partial charge in [0, 0.05) is 10.4 Å². The third-order valence-electron chi connectivity index (χ3n) is 4.53. The van der Waals surface area contributed by atoms with Crippen LogP contribution in [-0.4, -0.2) is 31.1 Å². The van der Waals surface area contributed by atoms with Crippen LogP contribution in [0.1, 0.15) is 21.7 Å². The molecule has 6 nitrogen and oxygen atoms in total. The molecule has 0 amide bonds. The van der Waals surface area contributed by atoms with Crippen LogP contribution in [0.4, 0.5) is 13.2 Å². The SMILES string of the molecule is Cc1cc(S(=O)(=O)Cc2sc(-c3ccc(C(F)(F)F)cc3)nc2C)ccc1OCC(=O)O. The van der Waals surface area contributed by atoms with Gasteiger partial charge in [-0.15, -0.1) is 11.3 Å². The predicted octanol–water partition coefficient (Wildman–Crippen LogP) is 4.88. The second-order valence-electron chi connectivity index (χ2n) is 6.97. The van der Waals surface area contributed by atoms with Crippen LogP contribution in [0.15, 0.2) is 47.4 Å². The molecule has 0 bridgehead atoms. The van der Waals surface area contributed by atoms with Crippen molar-refractivity contribution in [2.45, 2.75) is 30.7 Å². The van der Waals surface area contributed by atoms with E-state index >= 15 is 0 Å². The van der Waals surface area contributed by atoms with E-state index in [0.29, 0.717) is 26.7 Å². The maximum atomic E-state index is 12.9. The molecule has 1 N–H and O–H groups in total. The molecule has 3 rings (SSSR count). The Morgan fingerprint density at radius 3 is 2.34 bits per heavy atom. The van der Waals surface area contributed by atoms with Gasteiger partial charge in [-0.2, -0.15) is 13.2 Å². The summed E-state index contributed by atoms with van der Waals surface area (Å²) in [4.78, 5) is 15.5. The van der Waals surface area contributed by atoms with Crippen molar-refractivity contribution in [2.24, 2.45) is 0 Å². The summed E-state index contributed by atoms with van der Waals surface area (Å²) in [6.45, 7) is 2.71. The Bertz CT molecular complexity index is 1250. The van der Waals surface area contributed by atoms with E-state index in [-0.39, 0.29) is 16.4 Å². The van der Waals surface area contributed by atoms with E-state index in [1.165, 1.54) is 30.3 Å².